The Morgan fingerprint density at radius 2 is 1.76 bits per heavy atom. The van der Waals surface area contributed by atoms with Crippen molar-refractivity contribution in [3.63, 3.8) is 0 Å². The second kappa shape index (κ2) is 7.51. The van der Waals surface area contributed by atoms with E-state index in [-0.39, 0.29) is 5.91 Å². The summed E-state index contributed by atoms with van der Waals surface area (Å²) >= 11 is 4.66. The van der Waals surface area contributed by atoms with E-state index in [0.29, 0.717) is 4.88 Å². The fourth-order valence-electron chi connectivity index (χ4n) is 3.06. The van der Waals surface area contributed by atoms with Gasteiger partial charge in [-0.2, -0.15) is 11.3 Å². The fraction of sp³-hybridized carbons (Fsp3) is 0.0455. The van der Waals surface area contributed by atoms with Crippen LogP contribution >= 0.6 is 34.0 Å². The molecule has 0 aliphatic rings. The van der Waals surface area contributed by atoms with Gasteiger partial charge in [-0.3, -0.25) is 4.79 Å². The van der Waals surface area contributed by atoms with Gasteiger partial charge in [0.05, 0.1) is 21.6 Å². The number of aromatic nitrogens is 2. The van der Waals surface area contributed by atoms with Crippen LogP contribution in [0.5, 0.6) is 0 Å². The standard InChI is InChI=1S/C22H15N3OS3/c1-13-19(29-21(23-13)14-10-11-27-12-14)20(26)24-16-7-3-2-6-15(16)22-25-17-8-4-5-9-18(17)28-22/h2-12H,1H3,(H,24,26). The topological polar surface area (TPSA) is 54.9 Å². The largest absolute Gasteiger partial charge is 0.321 e. The van der Waals surface area contributed by atoms with Gasteiger partial charge in [-0.25, -0.2) is 9.97 Å². The lowest BCUT2D eigenvalue weighted by Crippen LogP contribution is -2.12. The number of nitrogens with one attached hydrogen (secondary N) is 1. The molecule has 0 saturated carbocycles. The van der Waals surface area contributed by atoms with Crippen LogP contribution in [0.3, 0.4) is 0 Å². The van der Waals surface area contributed by atoms with E-state index in [0.717, 1.165) is 42.7 Å². The molecule has 142 valence electrons. The number of para-hydroxylation sites is 2. The highest BCUT2D eigenvalue weighted by Crippen LogP contribution is 2.35. The maximum atomic E-state index is 13.0. The van der Waals surface area contributed by atoms with Crippen molar-refractivity contribution in [2.24, 2.45) is 0 Å². The first-order valence-electron chi connectivity index (χ1n) is 8.95. The Morgan fingerprint density at radius 1 is 0.931 bits per heavy atom. The summed E-state index contributed by atoms with van der Waals surface area (Å²) in [5, 5.41) is 8.89. The normalized spacial score (nSPS) is 11.1. The third kappa shape index (κ3) is 3.48. The molecule has 7 heteroatoms. The summed E-state index contributed by atoms with van der Waals surface area (Å²) in [6.07, 6.45) is 0. The lowest BCUT2D eigenvalue weighted by Gasteiger charge is -2.08. The van der Waals surface area contributed by atoms with Crippen molar-refractivity contribution in [1.82, 2.24) is 9.97 Å². The van der Waals surface area contributed by atoms with Crippen LogP contribution in [0.15, 0.2) is 65.4 Å². The van der Waals surface area contributed by atoms with Gasteiger partial charge in [0.15, 0.2) is 0 Å². The molecule has 1 N–H and O–H groups in total. The number of aryl methyl sites for hydroxylation is 1. The van der Waals surface area contributed by atoms with E-state index in [1.54, 1.807) is 22.7 Å². The third-order valence-electron chi connectivity index (χ3n) is 4.47. The van der Waals surface area contributed by atoms with E-state index in [9.17, 15) is 4.79 Å². The smallest absolute Gasteiger partial charge is 0.267 e. The summed E-state index contributed by atoms with van der Waals surface area (Å²) in [7, 11) is 0. The summed E-state index contributed by atoms with van der Waals surface area (Å²) in [6, 6.07) is 17.9. The zero-order chi connectivity index (χ0) is 19.8. The van der Waals surface area contributed by atoms with E-state index < -0.39 is 0 Å². The molecule has 0 saturated heterocycles. The van der Waals surface area contributed by atoms with Crippen molar-refractivity contribution in [2.75, 3.05) is 5.32 Å². The molecule has 0 fully saturated rings. The molecule has 3 aromatic heterocycles. The molecule has 0 radical (unpaired) electrons. The van der Waals surface area contributed by atoms with Gasteiger partial charge in [0.25, 0.3) is 5.91 Å². The number of hydrogen-bond acceptors (Lipinski definition) is 6. The van der Waals surface area contributed by atoms with Gasteiger partial charge in [-0.05, 0) is 42.6 Å². The first-order valence-corrected chi connectivity index (χ1v) is 11.5. The second-order valence-electron chi connectivity index (χ2n) is 6.43. The highest BCUT2D eigenvalue weighted by atomic mass is 32.1. The molecule has 29 heavy (non-hydrogen) atoms. The first kappa shape index (κ1) is 18.2. The zero-order valence-electron chi connectivity index (χ0n) is 15.4. The summed E-state index contributed by atoms with van der Waals surface area (Å²) in [5.74, 6) is -0.143. The predicted octanol–water partition coefficient (Wildman–Crippen LogP) is 6.71. The average molecular weight is 434 g/mol. The minimum atomic E-state index is -0.143. The number of nitrogens with zero attached hydrogens (tertiary/aromatic N) is 2. The minimum Gasteiger partial charge on any atom is -0.321 e. The number of carbonyl (C=O) groups is 1. The van der Waals surface area contributed by atoms with Gasteiger partial charge >= 0.3 is 0 Å². The molecule has 0 aliphatic heterocycles. The van der Waals surface area contributed by atoms with Gasteiger partial charge in [-0.1, -0.05) is 24.3 Å². The van der Waals surface area contributed by atoms with Crippen LogP contribution in [-0.2, 0) is 0 Å². The number of thiophene rings is 1. The van der Waals surface area contributed by atoms with Crippen LogP contribution in [0, 0.1) is 6.92 Å². The van der Waals surface area contributed by atoms with Crippen molar-refractivity contribution in [2.45, 2.75) is 6.92 Å². The number of thiazole rings is 2. The highest BCUT2D eigenvalue weighted by Gasteiger charge is 2.18. The Kier molecular flexibility index (Phi) is 4.71. The Bertz CT molecular complexity index is 1290. The summed E-state index contributed by atoms with van der Waals surface area (Å²) < 4.78 is 1.13. The van der Waals surface area contributed by atoms with E-state index in [1.165, 1.54) is 11.3 Å². The zero-order valence-corrected chi connectivity index (χ0v) is 17.8. The van der Waals surface area contributed by atoms with Crippen LogP contribution in [0.25, 0.3) is 31.4 Å². The lowest BCUT2D eigenvalue weighted by molar-refractivity contribution is 0.103. The number of hydrogen-bond donors (Lipinski definition) is 1. The number of rotatable bonds is 4. The SMILES string of the molecule is Cc1nc(-c2ccsc2)sc1C(=O)Nc1ccccc1-c1nc2ccccc2s1. The summed E-state index contributed by atoms with van der Waals surface area (Å²) in [4.78, 5) is 23.0. The Balaban J connectivity index is 1.48. The highest BCUT2D eigenvalue weighted by molar-refractivity contribution is 7.21. The molecule has 0 spiro atoms. The molecule has 0 unspecified atom stereocenters. The molecular formula is C22H15N3OS3. The van der Waals surface area contributed by atoms with Crippen molar-refractivity contribution < 1.29 is 4.79 Å². The van der Waals surface area contributed by atoms with Gasteiger partial charge in [0, 0.05) is 16.5 Å². The number of carbonyl (C=O) groups excluding carboxylic acids is 1. The van der Waals surface area contributed by atoms with Gasteiger partial charge < -0.3 is 5.32 Å². The molecular weight excluding hydrogens is 418 g/mol. The molecule has 1 amide bonds. The van der Waals surface area contributed by atoms with Gasteiger partial charge in [0.2, 0.25) is 0 Å². The molecule has 5 rings (SSSR count). The maximum Gasteiger partial charge on any atom is 0.267 e. The predicted molar refractivity (Wildman–Crippen MR) is 123 cm³/mol. The quantitative estimate of drug-likeness (QED) is 0.343. The van der Waals surface area contributed by atoms with Crippen LogP contribution in [0.1, 0.15) is 15.4 Å². The Labute approximate surface area is 179 Å². The number of anilines is 1. The van der Waals surface area contributed by atoms with Gasteiger partial charge in [0.1, 0.15) is 14.9 Å². The van der Waals surface area contributed by atoms with E-state index in [2.05, 4.69) is 16.4 Å². The molecule has 0 atom stereocenters. The summed E-state index contributed by atoms with van der Waals surface area (Å²) in [6.45, 7) is 1.88. The minimum absolute atomic E-state index is 0.143. The van der Waals surface area contributed by atoms with Crippen molar-refractivity contribution in [3.05, 3.63) is 75.9 Å². The number of amides is 1. The molecule has 0 bridgehead atoms. The fourth-order valence-corrected chi connectivity index (χ4v) is 5.74. The average Bonchev–Trinajstić information content (AvgIpc) is 3.47. The lowest BCUT2D eigenvalue weighted by atomic mass is 10.2. The number of fused-ring (bicyclic) bond motifs is 1. The van der Waals surface area contributed by atoms with Gasteiger partial charge in [-0.15, -0.1) is 22.7 Å². The maximum absolute atomic E-state index is 13.0. The van der Waals surface area contributed by atoms with E-state index >= 15 is 0 Å². The second-order valence-corrected chi connectivity index (χ2v) is 9.24. The molecule has 4 nitrogen and oxygen atoms in total. The molecule has 3 heterocycles. The molecule has 2 aromatic carbocycles. The van der Waals surface area contributed by atoms with Crippen LogP contribution in [-0.4, -0.2) is 15.9 Å². The number of benzene rings is 2. The summed E-state index contributed by atoms with van der Waals surface area (Å²) in [5.41, 5.74) is 4.43. The van der Waals surface area contributed by atoms with Crippen molar-refractivity contribution in [3.8, 4) is 21.1 Å². The van der Waals surface area contributed by atoms with Crippen molar-refractivity contribution in [1.29, 1.82) is 0 Å². The van der Waals surface area contributed by atoms with Crippen LogP contribution < -0.4 is 5.32 Å². The molecule has 0 aliphatic carbocycles. The monoisotopic (exact) mass is 433 g/mol. The van der Waals surface area contributed by atoms with Crippen LogP contribution in [0.4, 0.5) is 5.69 Å². The van der Waals surface area contributed by atoms with Crippen LogP contribution in [0.2, 0.25) is 0 Å². The molecule has 5 aromatic rings. The Hall–Kier alpha value is -2.87. The third-order valence-corrected chi connectivity index (χ3v) is 7.43. The van der Waals surface area contributed by atoms with E-state index in [4.69, 9.17) is 4.98 Å². The first-order chi connectivity index (χ1) is 14.2. The Morgan fingerprint density at radius 3 is 2.59 bits per heavy atom. The van der Waals surface area contributed by atoms with Crippen molar-refractivity contribution >= 4 is 55.8 Å². The van der Waals surface area contributed by atoms with E-state index in [1.807, 2.05) is 66.2 Å².